The molecule has 2 aliphatic heterocycles. The van der Waals surface area contributed by atoms with E-state index in [4.69, 9.17) is 37.9 Å². The van der Waals surface area contributed by atoms with Crippen molar-refractivity contribution >= 4 is 45.9 Å². The van der Waals surface area contributed by atoms with Gasteiger partial charge in [0.05, 0.1) is 34.5 Å². The summed E-state index contributed by atoms with van der Waals surface area (Å²) in [6.45, 7) is 2.02. The molecular formula is C39H38Cl2N6O3. The maximum Gasteiger partial charge on any atom is 0.221 e. The van der Waals surface area contributed by atoms with Crippen LogP contribution in [0.2, 0.25) is 10.0 Å². The van der Waals surface area contributed by atoms with Gasteiger partial charge in [-0.05, 0) is 43.7 Å². The van der Waals surface area contributed by atoms with Gasteiger partial charge in [-0.3, -0.25) is 19.5 Å². The minimum atomic E-state index is -0.0104. The number of nitrogens with zero attached hydrogens (tertiary/aromatic N) is 3. The molecule has 0 saturated carbocycles. The third-order valence-electron chi connectivity index (χ3n) is 9.48. The highest BCUT2D eigenvalue weighted by Gasteiger charge is 2.25. The van der Waals surface area contributed by atoms with Gasteiger partial charge in [-0.2, -0.15) is 0 Å². The summed E-state index contributed by atoms with van der Waals surface area (Å²) in [6, 6.07) is 24.3. The lowest BCUT2D eigenvalue weighted by molar-refractivity contribution is -0.120. The van der Waals surface area contributed by atoms with E-state index in [2.05, 4.69) is 45.1 Å². The number of benzene rings is 3. The molecule has 9 nitrogen and oxygen atoms in total. The minimum absolute atomic E-state index is 0.0104. The topological polar surface area (TPSA) is 108 Å². The molecule has 2 fully saturated rings. The van der Waals surface area contributed by atoms with Gasteiger partial charge >= 0.3 is 0 Å². The Labute approximate surface area is 301 Å². The smallest absolute Gasteiger partial charge is 0.221 e. The Hall–Kier alpha value is -4.54. The first-order chi connectivity index (χ1) is 24.3. The van der Waals surface area contributed by atoms with Gasteiger partial charge in [0.1, 0.15) is 0 Å². The number of hydrogen-bond acceptors (Lipinski definition) is 7. The lowest BCUT2D eigenvalue weighted by Gasteiger charge is -2.24. The van der Waals surface area contributed by atoms with E-state index in [-0.39, 0.29) is 24.0 Å². The van der Waals surface area contributed by atoms with E-state index in [1.165, 1.54) is 0 Å². The molecular weight excluding hydrogens is 671 g/mol. The minimum Gasteiger partial charge on any atom is -0.481 e. The van der Waals surface area contributed by atoms with Gasteiger partial charge < -0.3 is 20.7 Å². The van der Waals surface area contributed by atoms with Crippen molar-refractivity contribution in [1.82, 2.24) is 30.8 Å². The lowest BCUT2D eigenvalue weighted by Crippen LogP contribution is -2.40. The number of aromatic nitrogens is 2. The molecule has 2 atom stereocenters. The van der Waals surface area contributed by atoms with Gasteiger partial charge in [-0.1, -0.05) is 77.8 Å². The molecule has 5 aromatic rings. The van der Waals surface area contributed by atoms with Crippen LogP contribution in [0.25, 0.3) is 44.4 Å². The van der Waals surface area contributed by atoms with E-state index < -0.39 is 0 Å². The molecule has 50 heavy (non-hydrogen) atoms. The zero-order chi connectivity index (χ0) is 34.8. The monoisotopic (exact) mass is 708 g/mol. The van der Waals surface area contributed by atoms with Crippen LogP contribution in [-0.4, -0.2) is 59.6 Å². The first kappa shape index (κ1) is 33.9. The van der Waals surface area contributed by atoms with Gasteiger partial charge in [-0.25, -0.2) is 4.98 Å². The molecule has 0 spiro atoms. The van der Waals surface area contributed by atoms with E-state index in [1.807, 2.05) is 61.8 Å². The zero-order valence-corrected chi connectivity index (χ0v) is 29.4. The van der Waals surface area contributed by atoms with E-state index in [0.29, 0.717) is 47.6 Å². The lowest BCUT2D eigenvalue weighted by atomic mass is 9.96. The second-order valence-corrected chi connectivity index (χ2v) is 13.7. The van der Waals surface area contributed by atoms with Gasteiger partial charge in [0, 0.05) is 83.5 Å². The van der Waals surface area contributed by atoms with Crippen molar-refractivity contribution in [2.45, 2.75) is 51.0 Å². The summed E-state index contributed by atoms with van der Waals surface area (Å²) < 4.78 is 5.70. The van der Waals surface area contributed by atoms with Gasteiger partial charge in [0.15, 0.2) is 0 Å². The van der Waals surface area contributed by atoms with E-state index in [1.54, 1.807) is 7.11 Å². The van der Waals surface area contributed by atoms with Crippen LogP contribution >= 0.6 is 23.2 Å². The number of ether oxygens (including phenoxy) is 1. The van der Waals surface area contributed by atoms with Gasteiger partial charge in [0.25, 0.3) is 0 Å². The summed E-state index contributed by atoms with van der Waals surface area (Å²) in [7, 11) is 3.59. The molecule has 2 saturated heterocycles. The van der Waals surface area contributed by atoms with Gasteiger partial charge in [0.2, 0.25) is 17.7 Å². The Morgan fingerprint density at radius 3 is 2.32 bits per heavy atom. The Bertz CT molecular complexity index is 2090. The number of fused-ring (bicyclic) bond motifs is 1. The van der Waals surface area contributed by atoms with Crippen molar-refractivity contribution in [2.24, 2.45) is 0 Å². The van der Waals surface area contributed by atoms with E-state index in [9.17, 15) is 9.59 Å². The molecule has 3 N–H and O–H groups in total. The van der Waals surface area contributed by atoms with E-state index in [0.717, 1.165) is 69.2 Å². The van der Waals surface area contributed by atoms with Gasteiger partial charge in [-0.15, -0.1) is 0 Å². The highest BCUT2D eigenvalue weighted by molar-refractivity contribution is 6.39. The average Bonchev–Trinajstić information content (AvgIpc) is 3.76. The van der Waals surface area contributed by atoms with Crippen LogP contribution in [0.1, 0.15) is 36.8 Å². The summed E-state index contributed by atoms with van der Waals surface area (Å²) in [5.41, 5.74) is 7.74. The summed E-state index contributed by atoms with van der Waals surface area (Å²) in [6.07, 6.45) is 4.63. The van der Waals surface area contributed by atoms with Crippen LogP contribution < -0.4 is 20.7 Å². The number of halogens is 2. The largest absolute Gasteiger partial charge is 0.481 e. The molecule has 4 heterocycles. The fourth-order valence-electron chi connectivity index (χ4n) is 6.77. The molecule has 7 rings (SSSR count). The van der Waals surface area contributed by atoms with Crippen molar-refractivity contribution < 1.29 is 14.3 Å². The summed E-state index contributed by atoms with van der Waals surface area (Å²) in [5.74, 6) is 0.706. The number of carbonyl (C=O) groups is 2. The predicted octanol–water partition coefficient (Wildman–Crippen LogP) is 6.98. The standard InChI is InChI=1S/C39H38Cl2N6O3/c1-47(34-14-16-36(49)46-34)22-25-11-13-32(45-39(25)50-2)31-8-4-7-30(38(31)41)29-6-3-5-28(37(29)40)26-18-24-10-9-23(17-33(24)43-20-26)19-42-21-27-12-15-35(48)44-27/h3-11,13,17-18,20,27,34,42H,12,14-16,19,21-22H2,1-2H3,(H,44,48)(H,46,49)/t27-,34-/m0/s1. The summed E-state index contributed by atoms with van der Waals surface area (Å²) in [5, 5.41) is 11.6. The Kier molecular flexibility index (Phi) is 10.0. The number of nitrogens with one attached hydrogen (secondary N) is 3. The van der Waals surface area contributed by atoms with E-state index >= 15 is 0 Å². The van der Waals surface area contributed by atoms with Crippen LogP contribution in [0.5, 0.6) is 5.88 Å². The molecule has 0 unspecified atom stereocenters. The second-order valence-electron chi connectivity index (χ2n) is 12.9. The predicted molar refractivity (Wildman–Crippen MR) is 198 cm³/mol. The first-order valence-electron chi connectivity index (χ1n) is 16.8. The Morgan fingerprint density at radius 2 is 1.60 bits per heavy atom. The molecule has 11 heteroatoms. The van der Waals surface area contributed by atoms with Crippen molar-refractivity contribution in [3.63, 3.8) is 0 Å². The van der Waals surface area contributed by atoms with Crippen molar-refractivity contribution in [3.05, 3.63) is 100 Å². The second kappa shape index (κ2) is 14.7. The molecule has 0 bridgehead atoms. The quantitative estimate of drug-likeness (QED) is 0.136. The Balaban J connectivity index is 1.11. The third kappa shape index (κ3) is 7.18. The van der Waals surface area contributed by atoms with Crippen LogP contribution in [0, 0.1) is 0 Å². The summed E-state index contributed by atoms with van der Waals surface area (Å²) in [4.78, 5) is 34.9. The fraction of sp³-hybridized carbons (Fsp3) is 0.282. The molecule has 256 valence electrons. The molecule has 0 aliphatic carbocycles. The maximum absolute atomic E-state index is 11.7. The molecule has 2 amide bonds. The zero-order valence-electron chi connectivity index (χ0n) is 27.9. The number of pyridine rings is 2. The molecule has 3 aromatic carbocycles. The Morgan fingerprint density at radius 1 is 0.880 bits per heavy atom. The van der Waals surface area contributed by atoms with Crippen LogP contribution in [-0.2, 0) is 22.7 Å². The van der Waals surface area contributed by atoms with Crippen molar-refractivity contribution in [2.75, 3.05) is 20.7 Å². The average molecular weight is 710 g/mol. The van der Waals surface area contributed by atoms with Crippen LogP contribution in [0.4, 0.5) is 0 Å². The SMILES string of the molecule is COc1nc(-c2cccc(-c3cccc(-c4cnc5cc(CNC[C@@H]6CCC(=O)N6)ccc5c4)c3Cl)c2Cl)ccc1CN(C)[C@H]1CCC(=O)N1. The summed E-state index contributed by atoms with van der Waals surface area (Å²) >= 11 is 14.3. The third-order valence-corrected chi connectivity index (χ3v) is 10.3. The highest BCUT2D eigenvalue weighted by Crippen LogP contribution is 2.42. The van der Waals surface area contributed by atoms with Crippen molar-refractivity contribution in [3.8, 4) is 39.4 Å². The number of carbonyl (C=O) groups excluding carboxylic acids is 2. The molecule has 2 aromatic heterocycles. The van der Waals surface area contributed by atoms with Crippen LogP contribution in [0.15, 0.2) is 79.0 Å². The molecule has 0 radical (unpaired) electrons. The molecule has 2 aliphatic rings. The number of rotatable bonds is 11. The maximum atomic E-state index is 11.7. The number of hydrogen-bond donors (Lipinski definition) is 3. The van der Waals surface area contributed by atoms with Crippen molar-refractivity contribution in [1.29, 1.82) is 0 Å². The number of methoxy groups -OCH3 is 1. The highest BCUT2D eigenvalue weighted by atomic mass is 35.5. The number of amides is 2. The first-order valence-corrected chi connectivity index (χ1v) is 17.5. The fourth-order valence-corrected chi connectivity index (χ4v) is 7.43. The van der Waals surface area contributed by atoms with Crippen LogP contribution in [0.3, 0.4) is 0 Å². The normalized spacial score (nSPS) is 17.4.